The maximum Gasteiger partial charge on any atom is 0.407 e. The number of amides is 2. The van der Waals surface area contributed by atoms with Crippen molar-refractivity contribution in [2.75, 3.05) is 26.2 Å². The fourth-order valence-corrected chi connectivity index (χ4v) is 6.47. The Labute approximate surface area is 255 Å². The van der Waals surface area contributed by atoms with Crippen LogP contribution in [-0.2, 0) is 34.5 Å². The summed E-state index contributed by atoms with van der Waals surface area (Å²) in [6.45, 7) is 5.82. The van der Waals surface area contributed by atoms with Crippen LogP contribution in [0.4, 0.5) is 4.79 Å². The summed E-state index contributed by atoms with van der Waals surface area (Å²) in [5.41, 5.74) is 5.99. The minimum atomic E-state index is -0.606. The van der Waals surface area contributed by atoms with E-state index in [4.69, 9.17) is 4.74 Å². The van der Waals surface area contributed by atoms with E-state index in [2.05, 4.69) is 89.2 Å². The van der Waals surface area contributed by atoms with Crippen LogP contribution in [0.25, 0.3) is 0 Å². The van der Waals surface area contributed by atoms with E-state index in [0.29, 0.717) is 12.5 Å². The molecule has 6 nitrogen and oxygen atoms in total. The number of rotatable bonds is 12. The molecular formula is C37H43N3O3. The lowest BCUT2D eigenvalue weighted by molar-refractivity contribution is -0.120. The largest absolute Gasteiger partial charge is 0.445 e. The van der Waals surface area contributed by atoms with Gasteiger partial charge >= 0.3 is 6.09 Å². The standard InChI is InChI=1S/C37H43N3O3/c1-29-13-8-11-20-34(29)37(33-18-6-3-7-19-33,22-12-23-40-24-21-31-16-9-10-17-32(31)26-40)28-39-35(41)25-38-36(42)43-27-30-14-4-2-5-15-30/h2-11,14-20,29H,12-13,21-28H2,1H3,(H,38,42)(H,39,41). The van der Waals surface area contributed by atoms with E-state index in [1.165, 1.54) is 22.3 Å². The lowest BCUT2D eigenvalue weighted by Gasteiger charge is -2.41. The van der Waals surface area contributed by atoms with Gasteiger partial charge < -0.3 is 15.4 Å². The molecule has 43 heavy (non-hydrogen) atoms. The van der Waals surface area contributed by atoms with E-state index in [1.54, 1.807) is 0 Å². The van der Waals surface area contributed by atoms with Crippen molar-refractivity contribution >= 4 is 12.0 Å². The van der Waals surface area contributed by atoms with Crippen molar-refractivity contribution in [1.29, 1.82) is 0 Å². The van der Waals surface area contributed by atoms with Crippen molar-refractivity contribution in [1.82, 2.24) is 15.5 Å². The quantitative estimate of drug-likeness (QED) is 0.264. The van der Waals surface area contributed by atoms with E-state index in [1.807, 2.05) is 36.4 Å². The SMILES string of the molecule is CC1CC=CC=C1C(CCCN1CCc2ccccc2C1)(CNC(=O)CNC(=O)OCc1ccccc1)c1ccccc1. The van der Waals surface area contributed by atoms with Crippen LogP contribution in [0, 0.1) is 5.92 Å². The van der Waals surface area contributed by atoms with Crippen molar-refractivity contribution in [2.45, 2.75) is 51.2 Å². The maximum atomic E-state index is 13.1. The van der Waals surface area contributed by atoms with Crippen LogP contribution in [0.1, 0.15) is 48.4 Å². The highest BCUT2D eigenvalue weighted by Gasteiger charge is 2.38. The molecule has 0 spiro atoms. The van der Waals surface area contributed by atoms with Crippen LogP contribution in [0.2, 0.25) is 0 Å². The van der Waals surface area contributed by atoms with Crippen molar-refractivity contribution in [3.8, 4) is 0 Å². The second-order valence-corrected chi connectivity index (χ2v) is 11.7. The molecule has 2 amide bonds. The molecule has 224 valence electrons. The van der Waals surface area contributed by atoms with Crippen LogP contribution < -0.4 is 10.6 Å². The molecule has 1 heterocycles. The fraction of sp³-hybridized carbons (Fsp3) is 0.351. The topological polar surface area (TPSA) is 70.7 Å². The number of alkyl carbamates (subject to hydrolysis) is 1. The molecule has 6 heteroatoms. The van der Waals surface area contributed by atoms with E-state index < -0.39 is 6.09 Å². The monoisotopic (exact) mass is 577 g/mol. The zero-order valence-corrected chi connectivity index (χ0v) is 25.1. The predicted octanol–water partition coefficient (Wildman–Crippen LogP) is 6.33. The van der Waals surface area contributed by atoms with Gasteiger partial charge in [0.25, 0.3) is 0 Å². The maximum absolute atomic E-state index is 13.1. The number of nitrogens with one attached hydrogen (secondary N) is 2. The van der Waals surface area contributed by atoms with E-state index in [0.717, 1.165) is 50.9 Å². The summed E-state index contributed by atoms with van der Waals surface area (Å²) in [5, 5.41) is 5.79. The molecule has 0 radical (unpaired) electrons. The molecule has 0 saturated heterocycles. The molecule has 1 aliphatic carbocycles. The van der Waals surface area contributed by atoms with Gasteiger partial charge in [-0.25, -0.2) is 4.79 Å². The van der Waals surface area contributed by atoms with Gasteiger partial charge in [0, 0.05) is 25.0 Å². The summed E-state index contributed by atoms with van der Waals surface area (Å²) < 4.78 is 5.28. The van der Waals surface area contributed by atoms with Gasteiger partial charge in [0.05, 0.1) is 6.54 Å². The fourth-order valence-electron chi connectivity index (χ4n) is 6.47. The molecule has 2 unspecified atom stereocenters. The lowest BCUT2D eigenvalue weighted by Crippen LogP contribution is -2.47. The number of ether oxygens (including phenoxy) is 1. The highest BCUT2D eigenvalue weighted by molar-refractivity contribution is 5.82. The highest BCUT2D eigenvalue weighted by Crippen LogP contribution is 2.42. The first-order valence-electron chi connectivity index (χ1n) is 15.5. The van der Waals surface area contributed by atoms with Gasteiger partial charge in [-0.2, -0.15) is 0 Å². The first-order valence-corrected chi connectivity index (χ1v) is 15.5. The number of allylic oxidation sites excluding steroid dienone is 3. The van der Waals surface area contributed by atoms with Gasteiger partial charge in [0.15, 0.2) is 0 Å². The Morgan fingerprint density at radius 3 is 2.42 bits per heavy atom. The van der Waals surface area contributed by atoms with Gasteiger partial charge in [-0.05, 0) is 60.4 Å². The Hall–Kier alpha value is -4.16. The number of nitrogens with zero attached hydrogens (tertiary/aromatic N) is 1. The van der Waals surface area contributed by atoms with E-state index in [9.17, 15) is 9.59 Å². The molecule has 1 aliphatic heterocycles. The van der Waals surface area contributed by atoms with Gasteiger partial charge in [-0.1, -0.05) is 116 Å². The summed E-state index contributed by atoms with van der Waals surface area (Å²) in [5.74, 6) is 0.124. The Balaban J connectivity index is 1.26. The number of carbonyl (C=O) groups excluding carboxylic acids is 2. The summed E-state index contributed by atoms with van der Waals surface area (Å²) in [4.78, 5) is 27.9. The first kappa shape index (κ1) is 30.3. The number of fused-ring (bicyclic) bond motifs is 1. The second-order valence-electron chi connectivity index (χ2n) is 11.7. The highest BCUT2D eigenvalue weighted by atomic mass is 16.5. The third kappa shape index (κ3) is 8.02. The normalized spacial score (nSPS) is 17.7. The van der Waals surface area contributed by atoms with E-state index in [-0.39, 0.29) is 24.5 Å². The lowest BCUT2D eigenvalue weighted by atomic mass is 9.65. The zero-order valence-electron chi connectivity index (χ0n) is 25.1. The van der Waals surface area contributed by atoms with E-state index >= 15 is 0 Å². The third-order valence-electron chi connectivity index (χ3n) is 8.79. The third-order valence-corrected chi connectivity index (χ3v) is 8.79. The molecule has 2 aliphatic rings. The molecule has 5 rings (SSSR count). The average Bonchev–Trinajstić information content (AvgIpc) is 3.05. The smallest absolute Gasteiger partial charge is 0.407 e. The summed E-state index contributed by atoms with van der Waals surface area (Å²) >= 11 is 0. The number of benzene rings is 3. The van der Waals surface area contributed by atoms with Crippen molar-refractivity contribution in [2.24, 2.45) is 5.92 Å². The minimum absolute atomic E-state index is 0.139. The van der Waals surface area contributed by atoms with Gasteiger partial charge in [0.2, 0.25) is 5.91 Å². The summed E-state index contributed by atoms with van der Waals surface area (Å²) in [6.07, 6.45) is 10.0. The molecule has 3 aromatic carbocycles. The molecule has 0 aromatic heterocycles. The minimum Gasteiger partial charge on any atom is -0.445 e. The van der Waals surface area contributed by atoms with Crippen molar-refractivity contribution in [3.05, 3.63) is 131 Å². The molecular weight excluding hydrogens is 534 g/mol. The zero-order chi connectivity index (χ0) is 29.9. The van der Waals surface area contributed by atoms with Crippen LogP contribution >= 0.6 is 0 Å². The number of hydrogen-bond acceptors (Lipinski definition) is 4. The summed E-state index contributed by atoms with van der Waals surface area (Å²) in [7, 11) is 0. The van der Waals surface area contributed by atoms with Gasteiger partial charge in [-0.3, -0.25) is 9.69 Å². The van der Waals surface area contributed by atoms with Gasteiger partial charge in [-0.15, -0.1) is 0 Å². The Morgan fingerprint density at radius 2 is 1.65 bits per heavy atom. The molecule has 0 bridgehead atoms. The molecule has 0 fully saturated rings. The van der Waals surface area contributed by atoms with Crippen LogP contribution in [0.3, 0.4) is 0 Å². The van der Waals surface area contributed by atoms with Crippen LogP contribution in [0.5, 0.6) is 0 Å². The second kappa shape index (κ2) is 14.8. The van der Waals surface area contributed by atoms with Crippen molar-refractivity contribution < 1.29 is 14.3 Å². The van der Waals surface area contributed by atoms with Crippen LogP contribution in [0.15, 0.2) is 109 Å². The Morgan fingerprint density at radius 1 is 0.930 bits per heavy atom. The molecule has 2 atom stereocenters. The summed E-state index contributed by atoms with van der Waals surface area (Å²) in [6, 6.07) is 28.8. The molecule has 3 aromatic rings. The first-order chi connectivity index (χ1) is 21.0. The number of carbonyl (C=O) groups is 2. The van der Waals surface area contributed by atoms with Crippen LogP contribution in [-0.4, -0.2) is 43.1 Å². The van der Waals surface area contributed by atoms with Gasteiger partial charge in [0.1, 0.15) is 6.61 Å². The Bertz CT molecular complexity index is 1420. The number of hydrogen-bond donors (Lipinski definition) is 2. The van der Waals surface area contributed by atoms with Crippen molar-refractivity contribution in [3.63, 3.8) is 0 Å². The molecule has 2 N–H and O–H groups in total. The molecule has 0 saturated carbocycles. The predicted molar refractivity (Wildman–Crippen MR) is 171 cm³/mol. The Kier molecular flexibility index (Phi) is 10.5. The average molecular weight is 578 g/mol.